The molecule has 0 aromatic heterocycles. The van der Waals surface area contributed by atoms with Crippen LogP contribution in [0.2, 0.25) is 0 Å². The van der Waals surface area contributed by atoms with Crippen LogP contribution >= 0.6 is 0 Å². The minimum Gasteiger partial charge on any atom is -0.231 e. The Labute approximate surface area is 108 Å². The monoisotopic (exact) mass is 250 g/mol. The molecule has 0 atom stereocenters. The molecule has 0 bridgehead atoms. The average molecular weight is 250 g/mol. The Morgan fingerprint density at radius 2 is 1.00 bits per heavy atom. The molecule has 98 valence electrons. The maximum Gasteiger partial charge on any atom is 0.429 e. The molecule has 0 unspecified atom stereocenters. The van der Waals surface area contributed by atoms with Gasteiger partial charge in [0.25, 0.3) is 0 Å². The minimum absolute atomic E-state index is 0.324. The first-order chi connectivity index (χ1) is 7.99. The molecule has 4 nitrogen and oxygen atoms in total. The maximum absolute atomic E-state index is 11.1. The normalized spacial score (nSPS) is 10.3. The van der Waals surface area contributed by atoms with Gasteiger partial charge in [0.15, 0.2) is 0 Å². The van der Waals surface area contributed by atoms with Crippen molar-refractivity contribution in [2.75, 3.05) is 0 Å². The Hall–Kier alpha value is -1.94. The van der Waals surface area contributed by atoms with E-state index < -0.39 is 11.9 Å². The van der Waals surface area contributed by atoms with Crippen LogP contribution in [0.1, 0.15) is 41.5 Å². The van der Waals surface area contributed by atoms with Crippen LogP contribution in [0.3, 0.4) is 0 Å². The predicted octanol–water partition coefficient (Wildman–Crippen LogP) is 2.09. The molecule has 0 aromatic rings. The van der Waals surface area contributed by atoms with Crippen LogP contribution in [-0.2, 0) is 19.4 Å². The van der Waals surface area contributed by atoms with Crippen molar-refractivity contribution < 1.29 is 19.4 Å². The van der Waals surface area contributed by atoms with Gasteiger partial charge in [-0.1, -0.05) is 11.8 Å². The van der Waals surface area contributed by atoms with Gasteiger partial charge in [-0.3, -0.25) is 0 Å². The summed E-state index contributed by atoms with van der Waals surface area (Å²) >= 11 is 0. The van der Waals surface area contributed by atoms with Gasteiger partial charge in [0.1, 0.15) is 0 Å². The van der Waals surface area contributed by atoms with E-state index in [4.69, 9.17) is 0 Å². The first-order valence-corrected chi connectivity index (χ1v) is 5.48. The van der Waals surface area contributed by atoms with E-state index in [1.807, 2.05) is 41.5 Å². The highest BCUT2D eigenvalue weighted by atomic mass is 17.2. The molecule has 0 saturated heterocycles. The highest BCUT2D eigenvalue weighted by Crippen LogP contribution is 2.10. The fraction of sp³-hybridized carbons (Fsp3) is 0.571. The first kappa shape index (κ1) is 16.1. The summed E-state index contributed by atoms with van der Waals surface area (Å²) in [6.45, 7) is 11.0. The largest absolute Gasteiger partial charge is 0.429 e. The van der Waals surface area contributed by atoms with Crippen LogP contribution in [0.25, 0.3) is 0 Å². The summed E-state index contributed by atoms with van der Waals surface area (Å²) in [4.78, 5) is 30.5. The van der Waals surface area contributed by atoms with Crippen LogP contribution in [0.5, 0.6) is 0 Å². The third-order valence-electron chi connectivity index (χ3n) is 1.27. The number of carbonyl (C=O) groups excluding carboxylic acids is 2. The van der Waals surface area contributed by atoms with Crippen LogP contribution < -0.4 is 0 Å². The molecule has 0 saturated carbocycles. The molecule has 0 N–H and O–H groups in total. The summed E-state index contributed by atoms with van der Waals surface area (Å²) in [5.41, 5.74) is -0.649. The summed E-state index contributed by atoms with van der Waals surface area (Å²) < 4.78 is 0. The molecule has 0 heterocycles. The van der Waals surface area contributed by atoms with Crippen molar-refractivity contribution in [3.8, 4) is 23.7 Å². The third-order valence-corrected chi connectivity index (χ3v) is 1.27. The van der Waals surface area contributed by atoms with E-state index in [0.717, 1.165) is 0 Å². The lowest BCUT2D eigenvalue weighted by molar-refractivity contribution is -0.248. The van der Waals surface area contributed by atoms with Crippen LogP contribution in [0.4, 0.5) is 0 Å². The van der Waals surface area contributed by atoms with E-state index in [9.17, 15) is 9.59 Å². The molecule has 0 radical (unpaired) electrons. The molecule has 0 aliphatic carbocycles. The molecule has 0 fully saturated rings. The van der Waals surface area contributed by atoms with Crippen molar-refractivity contribution in [3.05, 3.63) is 0 Å². The van der Waals surface area contributed by atoms with Gasteiger partial charge in [-0.15, -0.1) is 0 Å². The summed E-state index contributed by atoms with van der Waals surface area (Å²) in [6, 6.07) is 0. The molecule has 18 heavy (non-hydrogen) atoms. The van der Waals surface area contributed by atoms with Crippen molar-refractivity contribution in [2.24, 2.45) is 10.8 Å². The topological polar surface area (TPSA) is 52.6 Å². The second-order valence-electron chi connectivity index (χ2n) is 5.74. The first-order valence-electron chi connectivity index (χ1n) is 5.48. The summed E-state index contributed by atoms with van der Waals surface area (Å²) in [7, 11) is 0. The van der Waals surface area contributed by atoms with Gasteiger partial charge in [-0.2, -0.15) is 0 Å². The second-order valence-corrected chi connectivity index (χ2v) is 5.74. The lowest BCUT2D eigenvalue weighted by Crippen LogP contribution is -2.10. The van der Waals surface area contributed by atoms with Gasteiger partial charge in [0.05, 0.1) is 0 Å². The Kier molecular flexibility index (Phi) is 5.46. The van der Waals surface area contributed by atoms with Gasteiger partial charge >= 0.3 is 11.9 Å². The van der Waals surface area contributed by atoms with E-state index in [0.29, 0.717) is 0 Å². The van der Waals surface area contributed by atoms with Crippen molar-refractivity contribution in [1.29, 1.82) is 0 Å². The van der Waals surface area contributed by atoms with Gasteiger partial charge in [-0.25, -0.2) is 19.4 Å². The lowest BCUT2D eigenvalue weighted by Gasteiger charge is -2.06. The number of hydrogen-bond donors (Lipinski definition) is 0. The fourth-order valence-electron chi connectivity index (χ4n) is 0.594. The fourth-order valence-corrected chi connectivity index (χ4v) is 0.594. The molecule has 0 aliphatic rings. The number of rotatable bonds is 0. The van der Waals surface area contributed by atoms with Crippen molar-refractivity contribution in [2.45, 2.75) is 41.5 Å². The van der Waals surface area contributed by atoms with Crippen molar-refractivity contribution in [1.82, 2.24) is 0 Å². The molecule has 4 heteroatoms. The number of carbonyl (C=O) groups is 2. The maximum atomic E-state index is 11.1. The average Bonchev–Trinajstić information content (AvgIpc) is 2.18. The van der Waals surface area contributed by atoms with Crippen LogP contribution in [0, 0.1) is 34.5 Å². The van der Waals surface area contributed by atoms with Crippen molar-refractivity contribution in [3.63, 3.8) is 0 Å². The zero-order valence-corrected chi connectivity index (χ0v) is 11.6. The smallest absolute Gasteiger partial charge is 0.231 e. The Bertz CT molecular complexity index is 395. The van der Waals surface area contributed by atoms with Gasteiger partial charge in [-0.05, 0) is 41.5 Å². The SMILES string of the molecule is CC(C)(C)C#CC(=O)OOC(=O)C#CC(C)(C)C. The van der Waals surface area contributed by atoms with Crippen molar-refractivity contribution >= 4 is 11.9 Å². The minimum atomic E-state index is -0.921. The molecule has 0 aliphatic heterocycles. The molecular formula is C14H18O4. The summed E-state index contributed by atoms with van der Waals surface area (Å²) in [6.07, 6.45) is 0. The van der Waals surface area contributed by atoms with E-state index in [2.05, 4.69) is 33.5 Å². The van der Waals surface area contributed by atoms with E-state index >= 15 is 0 Å². The zero-order chi connectivity index (χ0) is 14.4. The molecule has 0 rings (SSSR count). The van der Waals surface area contributed by atoms with Gasteiger partial charge < -0.3 is 0 Å². The molecule has 0 aromatic carbocycles. The van der Waals surface area contributed by atoms with E-state index in [-0.39, 0.29) is 10.8 Å². The molecule has 0 spiro atoms. The Morgan fingerprint density at radius 3 is 1.22 bits per heavy atom. The van der Waals surface area contributed by atoms with Crippen LogP contribution in [-0.4, -0.2) is 11.9 Å². The second kappa shape index (κ2) is 6.12. The Balaban J connectivity index is 4.26. The highest BCUT2D eigenvalue weighted by Gasteiger charge is 2.09. The van der Waals surface area contributed by atoms with Gasteiger partial charge in [0.2, 0.25) is 0 Å². The Morgan fingerprint density at radius 1 is 0.722 bits per heavy atom. The molecular weight excluding hydrogens is 232 g/mol. The van der Waals surface area contributed by atoms with E-state index in [1.165, 1.54) is 0 Å². The summed E-state index contributed by atoms with van der Waals surface area (Å²) in [5, 5.41) is 0. The highest BCUT2D eigenvalue weighted by molar-refractivity contribution is 5.91. The third kappa shape index (κ3) is 10.6. The zero-order valence-electron chi connectivity index (χ0n) is 11.6. The lowest BCUT2D eigenvalue weighted by atomic mass is 9.98. The number of hydrogen-bond acceptors (Lipinski definition) is 4. The van der Waals surface area contributed by atoms with E-state index in [1.54, 1.807) is 0 Å². The standard InChI is InChI=1S/C14H18O4/c1-13(2,3)9-7-11(15)17-18-12(16)8-10-14(4,5)6/h1-6H3. The van der Waals surface area contributed by atoms with Crippen LogP contribution in [0.15, 0.2) is 0 Å². The predicted molar refractivity (Wildman–Crippen MR) is 66.6 cm³/mol. The van der Waals surface area contributed by atoms with Gasteiger partial charge in [0, 0.05) is 22.7 Å². The quantitative estimate of drug-likeness (QED) is 0.375. The molecule has 0 amide bonds. The summed E-state index contributed by atoms with van der Waals surface area (Å²) in [5.74, 6) is 7.89.